The number of rotatable bonds is 1. The van der Waals surface area contributed by atoms with E-state index in [0.717, 1.165) is 42.4 Å². The van der Waals surface area contributed by atoms with Crippen molar-refractivity contribution < 1.29 is 4.74 Å². The lowest BCUT2D eigenvalue weighted by Gasteiger charge is -2.29. The van der Waals surface area contributed by atoms with Crippen LogP contribution in [0.2, 0.25) is 5.02 Å². The van der Waals surface area contributed by atoms with E-state index in [2.05, 4.69) is 29.2 Å². The van der Waals surface area contributed by atoms with Crippen LogP contribution in [0.3, 0.4) is 0 Å². The summed E-state index contributed by atoms with van der Waals surface area (Å²) in [6.07, 6.45) is 0. The van der Waals surface area contributed by atoms with Crippen molar-refractivity contribution in [2.24, 2.45) is 0 Å². The zero-order valence-electron chi connectivity index (χ0n) is 9.53. The Morgan fingerprint density at radius 1 is 1.00 bits per heavy atom. The van der Waals surface area contributed by atoms with Crippen LogP contribution in [0.5, 0.6) is 0 Å². The van der Waals surface area contributed by atoms with Crippen LogP contribution in [0.4, 0.5) is 5.69 Å². The molecule has 0 aromatic heterocycles. The lowest BCUT2D eigenvalue weighted by atomic mass is 10.1. The van der Waals surface area contributed by atoms with Crippen molar-refractivity contribution in [1.82, 2.24) is 0 Å². The number of fused-ring (bicyclic) bond motifs is 1. The molecular formula is C14H14ClNO. The molecule has 88 valence electrons. The fourth-order valence-electron chi connectivity index (χ4n) is 2.27. The minimum atomic E-state index is 0.781. The first-order valence-corrected chi connectivity index (χ1v) is 6.24. The summed E-state index contributed by atoms with van der Waals surface area (Å²) in [4.78, 5) is 2.29. The van der Waals surface area contributed by atoms with E-state index < -0.39 is 0 Å². The quantitative estimate of drug-likeness (QED) is 0.767. The summed E-state index contributed by atoms with van der Waals surface area (Å²) < 4.78 is 5.36. The highest BCUT2D eigenvalue weighted by atomic mass is 35.5. The molecule has 1 heterocycles. The maximum Gasteiger partial charge on any atom is 0.0717 e. The van der Waals surface area contributed by atoms with Crippen LogP contribution in [0, 0.1) is 0 Å². The molecule has 2 aromatic rings. The predicted octanol–water partition coefficient (Wildman–Crippen LogP) is 3.33. The van der Waals surface area contributed by atoms with Crippen molar-refractivity contribution >= 4 is 28.1 Å². The monoisotopic (exact) mass is 247 g/mol. The van der Waals surface area contributed by atoms with Crippen molar-refractivity contribution in [2.75, 3.05) is 31.2 Å². The van der Waals surface area contributed by atoms with Gasteiger partial charge in [-0.2, -0.15) is 0 Å². The van der Waals surface area contributed by atoms with Crippen molar-refractivity contribution in [3.05, 3.63) is 41.4 Å². The SMILES string of the molecule is Clc1c(N2CCOCC2)ccc2ccccc12. The van der Waals surface area contributed by atoms with Crippen LogP contribution in [0.1, 0.15) is 0 Å². The van der Waals surface area contributed by atoms with Gasteiger partial charge in [0.05, 0.1) is 23.9 Å². The predicted molar refractivity (Wildman–Crippen MR) is 72.0 cm³/mol. The Balaban J connectivity index is 2.07. The molecular weight excluding hydrogens is 234 g/mol. The molecule has 3 heteroatoms. The topological polar surface area (TPSA) is 12.5 Å². The Morgan fingerprint density at radius 2 is 1.76 bits per heavy atom. The Bertz CT molecular complexity index is 535. The molecule has 2 nitrogen and oxygen atoms in total. The molecule has 1 fully saturated rings. The maximum absolute atomic E-state index is 6.49. The number of halogens is 1. The van der Waals surface area contributed by atoms with E-state index in [1.54, 1.807) is 0 Å². The van der Waals surface area contributed by atoms with Crippen LogP contribution in [0.15, 0.2) is 36.4 Å². The minimum absolute atomic E-state index is 0.781. The second kappa shape index (κ2) is 4.55. The Kier molecular flexibility index (Phi) is 2.91. The average Bonchev–Trinajstić information content (AvgIpc) is 2.40. The summed E-state index contributed by atoms with van der Waals surface area (Å²) in [7, 11) is 0. The van der Waals surface area contributed by atoms with Crippen LogP contribution >= 0.6 is 11.6 Å². The van der Waals surface area contributed by atoms with Gasteiger partial charge in [0.2, 0.25) is 0 Å². The number of ether oxygens (including phenoxy) is 1. The zero-order chi connectivity index (χ0) is 11.7. The summed E-state index contributed by atoms with van der Waals surface area (Å²) in [5, 5.41) is 3.16. The van der Waals surface area contributed by atoms with E-state index in [0.29, 0.717) is 0 Å². The lowest BCUT2D eigenvalue weighted by molar-refractivity contribution is 0.122. The third-order valence-corrected chi connectivity index (χ3v) is 3.59. The molecule has 3 rings (SSSR count). The lowest BCUT2D eigenvalue weighted by Crippen LogP contribution is -2.36. The van der Waals surface area contributed by atoms with E-state index >= 15 is 0 Å². The largest absolute Gasteiger partial charge is 0.378 e. The molecule has 0 amide bonds. The molecule has 1 aliphatic rings. The number of anilines is 1. The summed E-state index contributed by atoms with van der Waals surface area (Å²) in [5.74, 6) is 0. The van der Waals surface area contributed by atoms with Gasteiger partial charge in [0.25, 0.3) is 0 Å². The third-order valence-electron chi connectivity index (χ3n) is 3.19. The first-order chi connectivity index (χ1) is 8.36. The summed E-state index contributed by atoms with van der Waals surface area (Å²) in [6.45, 7) is 3.39. The molecule has 1 saturated heterocycles. The molecule has 0 N–H and O–H groups in total. The molecule has 0 spiro atoms. The van der Waals surface area contributed by atoms with E-state index in [9.17, 15) is 0 Å². The van der Waals surface area contributed by atoms with Gasteiger partial charge in [-0.05, 0) is 11.5 Å². The van der Waals surface area contributed by atoms with E-state index in [-0.39, 0.29) is 0 Å². The molecule has 0 bridgehead atoms. The first kappa shape index (κ1) is 10.9. The van der Waals surface area contributed by atoms with Crippen LogP contribution in [0.25, 0.3) is 10.8 Å². The summed E-state index contributed by atoms with van der Waals surface area (Å²) in [6, 6.07) is 12.5. The fourth-order valence-corrected chi connectivity index (χ4v) is 2.63. The normalized spacial score (nSPS) is 16.4. The molecule has 2 aromatic carbocycles. The second-order valence-corrected chi connectivity index (χ2v) is 4.60. The van der Waals surface area contributed by atoms with Gasteiger partial charge < -0.3 is 9.64 Å². The number of hydrogen-bond acceptors (Lipinski definition) is 2. The van der Waals surface area contributed by atoms with Gasteiger partial charge in [-0.3, -0.25) is 0 Å². The highest BCUT2D eigenvalue weighted by Gasteiger charge is 2.15. The van der Waals surface area contributed by atoms with Crippen LogP contribution in [-0.4, -0.2) is 26.3 Å². The zero-order valence-corrected chi connectivity index (χ0v) is 10.3. The highest BCUT2D eigenvalue weighted by Crippen LogP contribution is 2.33. The van der Waals surface area contributed by atoms with Gasteiger partial charge in [0, 0.05) is 18.5 Å². The van der Waals surface area contributed by atoms with Gasteiger partial charge >= 0.3 is 0 Å². The van der Waals surface area contributed by atoms with Gasteiger partial charge in [0.15, 0.2) is 0 Å². The van der Waals surface area contributed by atoms with E-state index in [1.807, 2.05) is 12.1 Å². The van der Waals surface area contributed by atoms with E-state index in [1.165, 1.54) is 5.39 Å². The standard InChI is InChI=1S/C14H14ClNO/c15-14-12-4-2-1-3-11(12)5-6-13(14)16-7-9-17-10-8-16/h1-6H,7-10H2. The Morgan fingerprint density at radius 3 is 2.59 bits per heavy atom. The van der Waals surface area contributed by atoms with Crippen LogP contribution in [-0.2, 0) is 4.74 Å². The average molecular weight is 248 g/mol. The Hall–Kier alpha value is -1.25. The smallest absolute Gasteiger partial charge is 0.0717 e. The number of hydrogen-bond donors (Lipinski definition) is 0. The van der Waals surface area contributed by atoms with Crippen LogP contribution < -0.4 is 4.90 Å². The van der Waals surface area contributed by atoms with Gasteiger partial charge in [-0.25, -0.2) is 0 Å². The van der Waals surface area contributed by atoms with Crippen molar-refractivity contribution in [1.29, 1.82) is 0 Å². The molecule has 0 unspecified atom stereocenters. The molecule has 17 heavy (non-hydrogen) atoms. The van der Waals surface area contributed by atoms with Crippen molar-refractivity contribution in [3.8, 4) is 0 Å². The van der Waals surface area contributed by atoms with Crippen molar-refractivity contribution in [2.45, 2.75) is 0 Å². The van der Waals surface area contributed by atoms with Gasteiger partial charge in [0.1, 0.15) is 0 Å². The third kappa shape index (κ3) is 1.99. The second-order valence-electron chi connectivity index (χ2n) is 4.22. The highest BCUT2D eigenvalue weighted by molar-refractivity contribution is 6.38. The van der Waals surface area contributed by atoms with Gasteiger partial charge in [-0.1, -0.05) is 41.9 Å². The molecule has 0 aliphatic carbocycles. The summed E-state index contributed by atoms with van der Waals surface area (Å²) >= 11 is 6.49. The Labute approximate surface area is 106 Å². The molecule has 0 saturated carbocycles. The maximum atomic E-state index is 6.49. The fraction of sp³-hybridized carbons (Fsp3) is 0.286. The van der Waals surface area contributed by atoms with Crippen molar-refractivity contribution in [3.63, 3.8) is 0 Å². The minimum Gasteiger partial charge on any atom is -0.378 e. The molecule has 0 atom stereocenters. The van der Waals surface area contributed by atoms with E-state index in [4.69, 9.17) is 16.3 Å². The summed E-state index contributed by atoms with van der Waals surface area (Å²) in [5.41, 5.74) is 1.12. The number of morpholine rings is 1. The molecule has 0 radical (unpaired) electrons. The number of nitrogens with zero attached hydrogens (tertiary/aromatic N) is 1. The first-order valence-electron chi connectivity index (χ1n) is 5.86. The molecule has 1 aliphatic heterocycles. The van der Waals surface area contributed by atoms with Gasteiger partial charge in [-0.15, -0.1) is 0 Å². The number of benzene rings is 2.